The molecule has 1 unspecified atom stereocenters. The molecule has 0 bridgehead atoms. The number of nitrogens with two attached hydrogens (primary N) is 1. The van der Waals surface area contributed by atoms with Crippen molar-refractivity contribution in [2.75, 3.05) is 13.1 Å². The quantitative estimate of drug-likeness (QED) is 0.285. The Morgan fingerprint density at radius 3 is 2.57 bits per heavy atom. The second-order valence-electron chi connectivity index (χ2n) is 5.53. The standard InChI is InChI=1S/C16H26N4.HI/c1-5-11-18-15(17)19-12-16(3,4)20-13(2)14-9-7-6-8-10-14;/h5-10,13,20H,1,11-12H2,2-4H3,(H3,17,18,19);1H. The summed E-state index contributed by atoms with van der Waals surface area (Å²) < 4.78 is 0. The largest absolute Gasteiger partial charge is 0.370 e. The topological polar surface area (TPSA) is 62.4 Å². The molecule has 0 radical (unpaired) electrons. The highest BCUT2D eigenvalue weighted by Gasteiger charge is 2.20. The van der Waals surface area contributed by atoms with E-state index in [1.54, 1.807) is 6.08 Å². The lowest BCUT2D eigenvalue weighted by Crippen LogP contribution is -2.44. The van der Waals surface area contributed by atoms with Gasteiger partial charge in [0.2, 0.25) is 0 Å². The highest BCUT2D eigenvalue weighted by Crippen LogP contribution is 2.16. The first-order valence-electron chi connectivity index (χ1n) is 6.92. The van der Waals surface area contributed by atoms with Gasteiger partial charge in [-0.1, -0.05) is 36.4 Å². The van der Waals surface area contributed by atoms with Gasteiger partial charge in [0.1, 0.15) is 0 Å². The summed E-state index contributed by atoms with van der Waals surface area (Å²) in [7, 11) is 0. The van der Waals surface area contributed by atoms with Crippen molar-refractivity contribution in [2.24, 2.45) is 10.7 Å². The number of guanidine groups is 1. The fraction of sp³-hybridized carbons (Fsp3) is 0.438. The Labute approximate surface area is 145 Å². The maximum Gasteiger partial charge on any atom is 0.188 e. The molecule has 0 aliphatic heterocycles. The molecular formula is C16H27IN4. The SMILES string of the molecule is C=CCNC(N)=NCC(C)(C)NC(C)c1ccccc1.I. The van der Waals surface area contributed by atoms with Gasteiger partial charge in [0, 0.05) is 18.1 Å². The Morgan fingerprint density at radius 1 is 1.38 bits per heavy atom. The number of benzene rings is 1. The Bertz CT molecular complexity index is 443. The van der Waals surface area contributed by atoms with Crippen molar-refractivity contribution in [1.82, 2.24) is 10.6 Å². The maximum absolute atomic E-state index is 5.77. The van der Waals surface area contributed by atoms with Crippen LogP contribution < -0.4 is 16.4 Å². The molecule has 4 nitrogen and oxygen atoms in total. The van der Waals surface area contributed by atoms with E-state index in [1.807, 2.05) is 6.07 Å². The van der Waals surface area contributed by atoms with Crippen LogP contribution in [0, 0.1) is 0 Å². The van der Waals surface area contributed by atoms with E-state index in [2.05, 4.69) is 67.2 Å². The predicted molar refractivity (Wildman–Crippen MR) is 102 cm³/mol. The van der Waals surface area contributed by atoms with Crippen LogP contribution in [0.2, 0.25) is 0 Å². The third-order valence-corrected chi connectivity index (χ3v) is 2.98. The van der Waals surface area contributed by atoms with Crippen LogP contribution in [0.4, 0.5) is 0 Å². The third-order valence-electron chi connectivity index (χ3n) is 2.98. The summed E-state index contributed by atoms with van der Waals surface area (Å²) in [5, 5.41) is 6.55. The van der Waals surface area contributed by atoms with Gasteiger partial charge in [0.05, 0.1) is 6.54 Å². The van der Waals surface area contributed by atoms with E-state index in [9.17, 15) is 0 Å². The van der Waals surface area contributed by atoms with Gasteiger partial charge in [-0.3, -0.25) is 4.99 Å². The van der Waals surface area contributed by atoms with Crippen LogP contribution in [-0.4, -0.2) is 24.6 Å². The minimum atomic E-state index is -0.129. The first-order valence-corrected chi connectivity index (χ1v) is 6.92. The van der Waals surface area contributed by atoms with Gasteiger partial charge in [-0.2, -0.15) is 0 Å². The van der Waals surface area contributed by atoms with E-state index in [-0.39, 0.29) is 35.6 Å². The van der Waals surface area contributed by atoms with Crippen molar-refractivity contribution in [1.29, 1.82) is 0 Å². The summed E-state index contributed by atoms with van der Waals surface area (Å²) in [5.74, 6) is 0.451. The molecule has 21 heavy (non-hydrogen) atoms. The molecular weight excluding hydrogens is 375 g/mol. The summed E-state index contributed by atoms with van der Waals surface area (Å²) in [4.78, 5) is 4.35. The van der Waals surface area contributed by atoms with E-state index in [4.69, 9.17) is 5.73 Å². The molecule has 0 heterocycles. The van der Waals surface area contributed by atoms with Gasteiger partial charge >= 0.3 is 0 Å². The molecule has 4 N–H and O–H groups in total. The minimum Gasteiger partial charge on any atom is -0.370 e. The van der Waals surface area contributed by atoms with E-state index >= 15 is 0 Å². The van der Waals surface area contributed by atoms with Gasteiger partial charge in [0.15, 0.2) is 5.96 Å². The summed E-state index contributed by atoms with van der Waals surface area (Å²) in [6.07, 6.45) is 1.75. The fourth-order valence-corrected chi connectivity index (χ4v) is 1.97. The van der Waals surface area contributed by atoms with Crippen LogP contribution in [0.3, 0.4) is 0 Å². The number of aliphatic imine (C=N–C) groups is 1. The summed E-state index contributed by atoms with van der Waals surface area (Å²) >= 11 is 0. The molecule has 0 saturated carbocycles. The molecule has 0 saturated heterocycles. The normalized spacial score (nSPS) is 13.2. The zero-order chi connectivity index (χ0) is 15.0. The minimum absolute atomic E-state index is 0. The fourth-order valence-electron chi connectivity index (χ4n) is 1.97. The second-order valence-corrected chi connectivity index (χ2v) is 5.53. The molecule has 0 spiro atoms. The number of nitrogens with one attached hydrogen (secondary N) is 2. The maximum atomic E-state index is 5.77. The average molecular weight is 402 g/mol. The predicted octanol–water partition coefficient (Wildman–Crippen LogP) is 2.82. The van der Waals surface area contributed by atoms with Crippen LogP contribution in [0.25, 0.3) is 0 Å². The van der Waals surface area contributed by atoms with Crippen LogP contribution in [-0.2, 0) is 0 Å². The Balaban J connectivity index is 0.00000400. The lowest BCUT2D eigenvalue weighted by molar-refractivity contribution is 0.357. The van der Waals surface area contributed by atoms with Crippen molar-refractivity contribution in [3.63, 3.8) is 0 Å². The zero-order valence-corrected chi connectivity index (χ0v) is 15.4. The van der Waals surface area contributed by atoms with Crippen LogP contribution in [0.1, 0.15) is 32.4 Å². The second kappa shape index (κ2) is 9.78. The first-order chi connectivity index (χ1) is 9.44. The van der Waals surface area contributed by atoms with Crippen molar-refractivity contribution in [2.45, 2.75) is 32.4 Å². The van der Waals surface area contributed by atoms with Crippen molar-refractivity contribution >= 4 is 29.9 Å². The summed E-state index contributed by atoms with van der Waals surface area (Å²) in [5.41, 5.74) is 6.91. The van der Waals surface area contributed by atoms with Gasteiger partial charge in [-0.25, -0.2) is 0 Å². The smallest absolute Gasteiger partial charge is 0.188 e. The molecule has 0 amide bonds. The van der Waals surface area contributed by atoms with Crippen molar-refractivity contribution < 1.29 is 0 Å². The highest BCUT2D eigenvalue weighted by atomic mass is 127. The van der Waals surface area contributed by atoms with Crippen molar-refractivity contribution in [3.8, 4) is 0 Å². The molecule has 1 atom stereocenters. The average Bonchev–Trinajstić information content (AvgIpc) is 2.43. The van der Waals surface area contributed by atoms with E-state index < -0.39 is 0 Å². The van der Waals surface area contributed by atoms with Gasteiger partial charge in [-0.15, -0.1) is 30.6 Å². The lowest BCUT2D eigenvalue weighted by atomic mass is 10.0. The number of hydrogen-bond donors (Lipinski definition) is 3. The van der Waals surface area contributed by atoms with Crippen molar-refractivity contribution in [3.05, 3.63) is 48.6 Å². The number of hydrogen-bond acceptors (Lipinski definition) is 2. The molecule has 5 heteroatoms. The third kappa shape index (κ3) is 8.06. The lowest BCUT2D eigenvalue weighted by Gasteiger charge is -2.29. The molecule has 1 aromatic rings. The summed E-state index contributed by atoms with van der Waals surface area (Å²) in [6.45, 7) is 11.3. The Morgan fingerprint density at radius 2 is 2.00 bits per heavy atom. The Kier molecular flexibility index (Phi) is 9.28. The monoisotopic (exact) mass is 402 g/mol. The Hall–Kier alpha value is -1.08. The van der Waals surface area contributed by atoms with E-state index in [0.717, 1.165) is 0 Å². The van der Waals surface area contributed by atoms with Crippen LogP contribution in [0.5, 0.6) is 0 Å². The van der Waals surface area contributed by atoms with Crippen LogP contribution >= 0.6 is 24.0 Å². The molecule has 0 fully saturated rings. The molecule has 1 aromatic carbocycles. The molecule has 1 rings (SSSR count). The number of nitrogens with zero attached hydrogens (tertiary/aromatic N) is 1. The van der Waals surface area contributed by atoms with Gasteiger partial charge in [-0.05, 0) is 26.3 Å². The first kappa shape index (κ1) is 19.9. The molecule has 0 aromatic heterocycles. The number of rotatable bonds is 7. The summed E-state index contributed by atoms with van der Waals surface area (Å²) in [6, 6.07) is 10.6. The molecule has 0 aliphatic rings. The zero-order valence-electron chi connectivity index (χ0n) is 13.1. The number of halogens is 1. The van der Waals surface area contributed by atoms with E-state index in [0.29, 0.717) is 19.0 Å². The van der Waals surface area contributed by atoms with Gasteiger partial charge in [0.25, 0.3) is 0 Å². The molecule has 118 valence electrons. The molecule has 0 aliphatic carbocycles. The highest BCUT2D eigenvalue weighted by molar-refractivity contribution is 14.0. The van der Waals surface area contributed by atoms with E-state index in [1.165, 1.54) is 5.56 Å². The van der Waals surface area contributed by atoms with Crippen LogP contribution in [0.15, 0.2) is 48.0 Å². The van der Waals surface area contributed by atoms with Gasteiger partial charge < -0.3 is 16.4 Å².